The minimum Gasteiger partial charge on any atom is -0.447 e. The Morgan fingerprint density at radius 2 is 2.25 bits per heavy atom. The Hall–Kier alpha value is -2.11. The lowest BCUT2D eigenvalue weighted by Gasteiger charge is -2.21. The third-order valence-electron chi connectivity index (χ3n) is 3.21. The van der Waals surface area contributed by atoms with Crippen LogP contribution >= 0.6 is 0 Å². The normalized spacial score (nSPS) is 25.7. The fourth-order valence-electron chi connectivity index (χ4n) is 2.13. The number of nitrogens with zero attached hydrogens (tertiary/aromatic N) is 2. The first-order chi connectivity index (χ1) is 11.2. The van der Waals surface area contributed by atoms with Crippen LogP contribution in [0.2, 0.25) is 0 Å². The Morgan fingerprint density at radius 3 is 2.75 bits per heavy atom. The van der Waals surface area contributed by atoms with Crippen molar-refractivity contribution in [3.05, 3.63) is 22.7 Å². The molecule has 3 atom stereocenters. The van der Waals surface area contributed by atoms with Crippen LogP contribution in [0.25, 0.3) is 0 Å². The van der Waals surface area contributed by atoms with Gasteiger partial charge in [0.1, 0.15) is 11.9 Å². The van der Waals surface area contributed by atoms with Gasteiger partial charge in [-0.25, -0.2) is 9.59 Å². The van der Waals surface area contributed by atoms with E-state index in [1.54, 1.807) is 13.8 Å². The van der Waals surface area contributed by atoms with Crippen LogP contribution < -0.4 is 11.0 Å². The molecule has 2 heterocycles. The largest absolute Gasteiger partial charge is 0.447 e. The molecule has 0 bridgehead atoms. The molecule has 1 aromatic heterocycles. The van der Waals surface area contributed by atoms with E-state index in [1.807, 2.05) is 0 Å². The fourth-order valence-corrected chi connectivity index (χ4v) is 2.13. The van der Waals surface area contributed by atoms with Crippen molar-refractivity contribution in [1.82, 2.24) is 9.55 Å². The van der Waals surface area contributed by atoms with Gasteiger partial charge in [0.25, 0.3) is 0 Å². The summed E-state index contributed by atoms with van der Waals surface area (Å²) in [5.41, 5.74) is -1.13. The van der Waals surface area contributed by atoms with Gasteiger partial charge in [-0.05, 0) is 19.9 Å². The number of nitrogens with one attached hydrogen (secondary N) is 1. The Balaban J connectivity index is 2.21. The highest BCUT2D eigenvalue weighted by molar-refractivity contribution is 5.83. The molecule has 9 nitrogen and oxygen atoms in total. The van der Waals surface area contributed by atoms with E-state index in [2.05, 4.69) is 10.3 Å². The second-order valence-electron chi connectivity index (χ2n) is 5.41. The molecule has 1 amide bonds. The number of halogens is 2. The Bertz CT molecular complexity index is 665. The van der Waals surface area contributed by atoms with Crippen molar-refractivity contribution in [3.8, 4) is 0 Å². The van der Waals surface area contributed by atoms with E-state index in [9.17, 15) is 23.5 Å². The van der Waals surface area contributed by atoms with Crippen LogP contribution in [-0.2, 0) is 9.47 Å². The molecule has 0 saturated carbocycles. The highest BCUT2D eigenvalue weighted by Crippen LogP contribution is 2.41. The molecule has 0 unspecified atom stereocenters. The molecule has 2 rings (SSSR count). The third-order valence-corrected chi connectivity index (χ3v) is 3.21. The SMILES string of the molecule is CC(C)OC(=O)Nc1ccn([C@@H]2O[C@H](CO)[C@H](O)C2(F)F)c(=O)n1. The Labute approximate surface area is 134 Å². The number of aliphatic hydroxyl groups excluding tert-OH is 2. The molecule has 1 saturated heterocycles. The minimum atomic E-state index is -3.80. The molecule has 24 heavy (non-hydrogen) atoms. The lowest BCUT2D eigenvalue weighted by atomic mass is 10.1. The number of hydrogen-bond acceptors (Lipinski definition) is 7. The maximum Gasteiger partial charge on any atom is 0.413 e. The average Bonchev–Trinajstić information content (AvgIpc) is 2.69. The fraction of sp³-hybridized carbons (Fsp3) is 0.615. The van der Waals surface area contributed by atoms with Gasteiger partial charge in [0.05, 0.1) is 12.7 Å². The lowest BCUT2D eigenvalue weighted by molar-refractivity contribution is -0.140. The van der Waals surface area contributed by atoms with Gasteiger partial charge in [-0.1, -0.05) is 0 Å². The molecular weight excluding hydrogens is 332 g/mol. The summed E-state index contributed by atoms with van der Waals surface area (Å²) in [5.74, 6) is -3.99. The van der Waals surface area contributed by atoms with Crippen LogP contribution in [0.1, 0.15) is 20.1 Å². The number of carbonyl (C=O) groups is 1. The van der Waals surface area contributed by atoms with E-state index in [0.29, 0.717) is 4.57 Å². The molecule has 0 spiro atoms. The van der Waals surface area contributed by atoms with Crippen LogP contribution in [0, 0.1) is 0 Å². The zero-order valence-electron chi connectivity index (χ0n) is 12.8. The van der Waals surface area contributed by atoms with E-state index < -0.39 is 48.9 Å². The van der Waals surface area contributed by atoms with Crippen LogP contribution in [0.15, 0.2) is 17.1 Å². The zero-order valence-corrected chi connectivity index (χ0v) is 12.8. The maximum absolute atomic E-state index is 14.0. The molecule has 134 valence electrons. The van der Waals surface area contributed by atoms with Crippen molar-refractivity contribution >= 4 is 11.9 Å². The first-order valence-electron chi connectivity index (χ1n) is 7.05. The monoisotopic (exact) mass is 349 g/mol. The second kappa shape index (κ2) is 6.79. The summed E-state index contributed by atoms with van der Waals surface area (Å²) in [7, 11) is 0. The average molecular weight is 349 g/mol. The second-order valence-corrected chi connectivity index (χ2v) is 5.41. The quantitative estimate of drug-likeness (QED) is 0.704. The van der Waals surface area contributed by atoms with E-state index in [4.69, 9.17) is 14.6 Å². The van der Waals surface area contributed by atoms with Crippen molar-refractivity contribution in [2.75, 3.05) is 11.9 Å². The van der Waals surface area contributed by atoms with Gasteiger partial charge in [-0.3, -0.25) is 9.88 Å². The number of hydrogen-bond donors (Lipinski definition) is 3. The van der Waals surface area contributed by atoms with Gasteiger partial charge in [0, 0.05) is 6.20 Å². The Kier molecular flexibility index (Phi) is 5.16. The highest BCUT2D eigenvalue weighted by Gasteiger charge is 2.59. The molecule has 11 heteroatoms. The van der Waals surface area contributed by atoms with Crippen LogP contribution in [0.3, 0.4) is 0 Å². The molecule has 0 radical (unpaired) electrons. The number of aromatic nitrogens is 2. The van der Waals surface area contributed by atoms with Crippen molar-refractivity contribution in [1.29, 1.82) is 0 Å². The molecule has 1 fully saturated rings. The lowest BCUT2D eigenvalue weighted by Crippen LogP contribution is -2.41. The number of carbonyl (C=O) groups excluding carboxylic acids is 1. The number of ether oxygens (including phenoxy) is 2. The smallest absolute Gasteiger partial charge is 0.413 e. The first kappa shape index (κ1) is 18.2. The maximum atomic E-state index is 14.0. The van der Waals surface area contributed by atoms with Gasteiger partial charge in [-0.15, -0.1) is 0 Å². The topological polar surface area (TPSA) is 123 Å². The van der Waals surface area contributed by atoms with Crippen LogP contribution in [0.5, 0.6) is 0 Å². The van der Waals surface area contributed by atoms with Crippen molar-refractivity contribution in [2.45, 2.75) is 44.3 Å². The summed E-state index contributed by atoms with van der Waals surface area (Å²) >= 11 is 0. The standard InChI is InChI=1S/C13H17F2N3O6/c1-6(2)23-12(22)17-8-3-4-18(11(21)16-8)10-13(14,15)9(20)7(5-19)24-10/h3-4,6-7,9-10,19-20H,5H2,1-2H3,(H,16,17,21,22)/t7-,9+,10-/m1/s1. The molecule has 0 aromatic carbocycles. The first-order valence-corrected chi connectivity index (χ1v) is 7.05. The molecule has 1 aliphatic heterocycles. The van der Waals surface area contributed by atoms with E-state index in [-0.39, 0.29) is 5.82 Å². The number of rotatable bonds is 4. The van der Waals surface area contributed by atoms with E-state index >= 15 is 0 Å². The van der Waals surface area contributed by atoms with Gasteiger partial charge in [0.15, 0.2) is 6.10 Å². The number of alkyl halides is 2. The van der Waals surface area contributed by atoms with Crippen molar-refractivity contribution < 1.29 is 33.3 Å². The summed E-state index contributed by atoms with van der Waals surface area (Å²) in [6.45, 7) is 2.40. The molecule has 1 aromatic rings. The van der Waals surface area contributed by atoms with Crippen molar-refractivity contribution in [2.24, 2.45) is 0 Å². The third kappa shape index (κ3) is 3.52. The van der Waals surface area contributed by atoms with Crippen LogP contribution in [0.4, 0.5) is 19.4 Å². The number of anilines is 1. The number of aliphatic hydroxyl groups is 2. The highest BCUT2D eigenvalue weighted by atomic mass is 19.3. The summed E-state index contributed by atoms with van der Waals surface area (Å²) in [6, 6.07) is 1.10. The zero-order chi connectivity index (χ0) is 18.1. The summed E-state index contributed by atoms with van der Waals surface area (Å²) in [4.78, 5) is 26.8. The minimum absolute atomic E-state index is 0.192. The van der Waals surface area contributed by atoms with Gasteiger partial charge >= 0.3 is 17.7 Å². The van der Waals surface area contributed by atoms with Crippen molar-refractivity contribution in [3.63, 3.8) is 0 Å². The summed E-state index contributed by atoms with van der Waals surface area (Å²) in [6.07, 6.45) is -6.23. The Morgan fingerprint density at radius 1 is 1.58 bits per heavy atom. The predicted molar refractivity (Wildman–Crippen MR) is 75.7 cm³/mol. The number of amides is 1. The van der Waals surface area contributed by atoms with E-state index in [1.165, 1.54) is 0 Å². The predicted octanol–water partition coefficient (Wildman–Crippen LogP) is 0.0861. The van der Waals surface area contributed by atoms with E-state index in [0.717, 1.165) is 12.3 Å². The van der Waals surface area contributed by atoms with Crippen LogP contribution in [-0.4, -0.2) is 56.7 Å². The summed E-state index contributed by atoms with van der Waals surface area (Å²) in [5, 5.41) is 20.6. The summed E-state index contributed by atoms with van der Waals surface area (Å²) < 4.78 is 38.1. The van der Waals surface area contributed by atoms with Gasteiger partial charge in [-0.2, -0.15) is 13.8 Å². The van der Waals surface area contributed by atoms with Gasteiger partial charge in [0.2, 0.25) is 6.23 Å². The molecule has 3 N–H and O–H groups in total. The molecular formula is C13H17F2N3O6. The van der Waals surface area contributed by atoms with Gasteiger partial charge < -0.3 is 19.7 Å². The molecule has 0 aliphatic carbocycles. The molecule has 1 aliphatic rings.